The minimum atomic E-state index is -4.50. The molecule has 0 saturated heterocycles. The van der Waals surface area contributed by atoms with E-state index in [2.05, 4.69) is 11.3 Å². The Morgan fingerprint density at radius 1 is 1.24 bits per heavy atom. The molecule has 2 aromatic carbocycles. The van der Waals surface area contributed by atoms with Crippen LogP contribution in [0, 0.1) is 0 Å². The van der Waals surface area contributed by atoms with Crippen LogP contribution < -0.4 is 10.2 Å². The minimum absolute atomic E-state index is 0.0104. The summed E-state index contributed by atoms with van der Waals surface area (Å²) in [5.41, 5.74) is 0.686. The van der Waals surface area contributed by atoms with E-state index in [-0.39, 0.29) is 28.1 Å². The van der Waals surface area contributed by atoms with Crippen molar-refractivity contribution in [3.05, 3.63) is 71.3 Å². The number of methoxy groups -OCH3 is 1. The van der Waals surface area contributed by atoms with Crippen molar-refractivity contribution in [2.75, 3.05) is 7.11 Å². The number of halogens is 4. The van der Waals surface area contributed by atoms with E-state index >= 15 is 0 Å². The Balaban J connectivity index is 0.000000516. The molecule has 0 aromatic heterocycles. The smallest absolute Gasteiger partial charge is 0.416 e. The van der Waals surface area contributed by atoms with Crippen molar-refractivity contribution in [2.24, 2.45) is 0 Å². The van der Waals surface area contributed by atoms with Gasteiger partial charge >= 0.3 is 12.1 Å². The lowest BCUT2D eigenvalue weighted by atomic mass is 10.2. The molecule has 6 nitrogen and oxygen atoms in total. The number of nitrogens with one attached hydrogen (secondary N) is 1. The molecule has 0 fully saturated rings. The molecule has 29 heavy (non-hydrogen) atoms. The van der Waals surface area contributed by atoms with Gasteiger partial charge in [0.05, 0.1) is 24.1 Å². The van der Waals surface area contributed by atoms with E-state index in [1.807, 2.05) is 0 Å². The Kier molecular flexibility index (Phi) is 9.17. The van der Waals surface area contributed by atoms with Crippen molar-refractivity contribution in [1.29, 1.82) is 0 Å². The largest absolute Gasteiger partial charge is 0.469 e. The molecule has 0 spiro atoms. The molecule has 0 aliphatic heterocycles. The summed E-state index contributed by atoms with van der Waals surface area (Å²) in [5, 5.41) is 8.34. The second kappa shape index (κ2) is 11.1. The number of hydrogen-bond donors (Lipinski definition) is 2. The average molecular weight is 432 g/mol. The molecule has 0 heterocycles. The Bertz CT molecular complexity index is 871. The summed E-state index contributed by atoms with van der Waals surface area (Å²) < 4.78 is 47.3. The van der Waals surface area contributed by atoms with Crippen LogP contribution >= 0.6 is 11.6 Å². The number of rotatable bonds is 5. The lowest BCUT2D eigenvalue weighted by Gasteiger charge is -2.11. The molecule has 0 radical (unpaired) electrons. The SMILES string of the molecule is C=CCC(=O)OC.O=C(NO)c1cccc(Oc2ccc(C(F)(F)F)cc2Cl)c1. The van der Waals surface area contributed by atoms with Crippen LogP contribution in [0.3, 0.4) is 0 Å². The number of ether oxygens (including phenoxy) is 2. The number of hydroxylamine groups is 1. The predicted molar refractivity (Wildman–Crippen MR) is 99.1 cm³/mol. The van der Waals surface area contributed by atoms with Crippen molar-refractivity contribution < 1.29 is 37.4 Å². The fraction of sp³-hybridized carbons (Fsp3) is 0.158. The molecular formula is C19H17ClF3NO5. The molecule has 0 saturated carbocycles. The lowest BCUT2D eigenvalue weighted by molar-refractivity contribution is -0.139. The zero-order chi connectivity index (χ0) is 22.0. The Hall–Kier alpha value is -3.04. The van der Waals surface area contributed by atoms with Gasteiger partial charge in [-0.2, -0.15) is 13.2 Å². The number of hydrogen-bond acceptors (Lipinski definition) is 5. The van der Waals surface area contributed by atoms with E-state index in [1.54, 1.807) is 0 Å². The van der Waals surface area contributed by atoms with E-state index in [4.69, 9.17) is 21.5 Å². The Labute approximate surface area is 169 Å². The number of esters is 1. The fourth-order valence-corrected chi connectivity index (χ4v) is 2.07. The lowest BCUT2D eigenvalue weighted by Crippen LogP contribution is -2.18. The molecule has 0 aliphatic rings. The Morgan fingerprint density at radius 2 is 1.93 bits per heavy atom. The highest BCUT2D eigenvalue weighted by molar-refractivity contribution is 6.32. The molecule has 156 valence electrons. The summed E-state index contributed by atoms with van der Waals surface area (Å²) in [6, 6.07) is 8.38. The normalized spacial score (nSPS) is 10.3. The summed E-state index contributed by atoms with van der Waals surface area (Å²) in [6.45, 7) is 3.35. The van der Waals surface area contributed by atoms with Gasteiger partial charge in [-0.05, 0) is 36.4 Å². The zero-order valence-electron chi connectivity index (χ0n) is 15.1. The monoisotopic (exact) mass is 431 g/mol. The second-order valence-electron chi connectivity index (χ2n) is 5.28. The van der Waals surface area contributed by atoms with Crippen LogP contribution in [0.1, 0.15) is 22.3 Å². The van der Waals surface area contributed by atoms with Crippen LogP contribution in [0.2, 0.25) is 5.02 Å². The van der Waals surface area contributed by atoms with Gasteiger partial charge in [0.2, 0.25) is 0 Å². The van der Waals surface area contributed by atoms with Gasteiger partial charge in [0, 0.05) is 5.56 Å². The number of alkyl halides is 3. The predicted octanol–water partition coefficient (Wildman–Crippen LogP) is 5.01. The van der Waals surface area contributed by atoms with Crippen LogP contribution in [0.25, 0.3) is 0 Å². The van der Waals surface area contributed by atoms with Gasteiger partial charge in [0.25, 0.3) is 5.91 Å². The third-order valence-electron chi connectivity index (χ3n) is 3.22. The van der Waals surface area contributed by atoms with Gasteiger partial charge in [-0.25, -0.2) is 5.48 Å². The molecule has 0 unspecified atom stereocenters. The second-order valence-corrected chi connectivity index (χ2v) is 5.69. The first kappa shape index (κ1) is 24.0. The molecule has 0 aliphatic carbocycles. The summed E-state index contributed by atoms with van der Waals surface area (Å²) in [6.07, 6.45) is -2.69. The molecule has 2 rings (SSSR count). The van der Waals surface area contributed by atoms with E-state index in [0.29, 0.717) is 6.42 Å². The highest BCUT2D eigenvalue weighted by Crippen LogP contribution is 2.36. The fourth-order valence-electron chi connectivity index (χ4n) is 1.85. The molecule has 0 atom stereocenters. The van der Waals surface area contributed by atoms with Gasteiger partial charge in [0.1, 0.15) is 11.5 Å². The average Bonchev–Trinajstić information content (AvgIpc) is 2.69. The topological polar surface area (TPSA) is 84.9 Å². The molecule has 1 amide bonds. The first-order valence-electron chi connectivity index (χ1n) is 7.89. The van der Waals surface area contributed by atoms with Crippen LogP contribution in [0.4, 0.5) is 13.2 Å². The minimum Gasteiger partial charge on any atom is -0.469 e. The van der Waals surface area contributed by atoms with Crippen LogP contribution in [-0.2, 0) is 15.7 Å². The van der Waals surface area contributed by atoms with E-state index in [0.717, 1.165) is 18.2 Å². The van der Waals surface area contributed by atoms with Crippen LogP contribution in [-0.4, -0.2) is 24.2 Å². The maximum atomic E-state index is 12.5. The van der Waals surface area contributed by atoms with Gasteiger partial charge in [-0.3, -0.25) is 14.8 Å². The van der Waals surface area contributed by atoms with Crippen molar-refractivity contribution >= 4 is 23.5 Å². The number of carbonyl (C=O) groups is 2. The van der Waals surface area contributed by atoms with E-state index in [9.17, 15) is 22.8 Å². The van der Waals surface area contributed by atoms with Crippen LogP contribution in [0.5, 0.6) is 11.5 Å². The van der Waals surface area contributed by atoms with E-state index < -0.39 is 17.6 Å². The van der Waals surface area contributed by atoms with Gasteiger partial charge in [0.15, 0.2) is 0 Å². The highest BCUT2D eigenvalue weighted by Gasteiger charge is 2.31. The van der Waals surface area contributed by atoms with Crippen LogP contribution in [0.15, 0.2) is 55.1 Å². The van der Waals surface area contributed by atoms with Crippen molar-refractivity contribution in [2.45, 2.75) is 12.6 Å². The zero-order valence-corrected chi connectivity index (χ0v) is 15.9. The van der Waals surface area contributed by atoms with Gasteiger partial charge in [-0.1, -0.05) is 23.7 Å². The number of amides is 1. The van der Waals surface area contributed by atoms with E-state index in [1.165, 1.54) is 42.9 Å². The summed E-state index contributed by atoms with van der Waals surface area (Å²) in [7, 11) is 1.35. The summed E-state index contributed by atoms with van der Waals surface area (Å²) in [4.78, 5) is 21.4. The van der Waals surface area contributed by atoms with Crippen molar-refractivity contribution in [3.8, 4) is 11.5 Å². The molecule has 0 bridgehead atoms. The maximum absolute atomic E-state index is 12.5. The first-order valence-corrected chi connectivity index (χ1v) is 8.27. The Morgan fingerprint density at radius 3 is 2.41 bits per heavy atom. The number of carbonyl (C=O) groups excluding carboxylic acids is 2. The molecular weight excluding hydrogens is 415 g/mol. The third-order valence-corrected chi connectivity index (χ3v) is 3.52. The molecule has 2 N–H and O–H groups in total. The summed E-state index contributed by atoms with van der Waals surface area (Å²) in [5.74, 6) is -0.794. The van der Waals surface area contributed by atoms with Crippen molar-refractivity contribution in [3.63, 3.8) is 0 Å². The van der Waals surface area contributed by atoms with Gasteiger partial charge < -0.3 is 9.47 Å². The van der Waals surface area contributed by atoms with Crippen molar-refractivity contribution in [1.82, 2.24) is 5.48 Å². The molecule has 2 aromatic rings. The standard InChI is InChI=1S/C14H9ClF3NO3.C5H8O2/c15-11-7-9(14(16,17)18)4-5-12(11)22-10-3-1-2-8(6-10)13(20)19-21;1-3-4-5(6)7-2/h1-7,21H,(H,19,20);3H,1,4H2,2H3. The third kappa shape index (κ3) is 7.84. The van der Waals surface area contributed by atoms with Gasteiger partial charge in [-0.15, -0.1) is 6.58 Å². The summed E-state index contributed by atoms with van der Waals surface area (Å²) >= 11 is 5.77. The quantitative estimate of drug-likeness (QED) is 0.301. The number of benzene rings is 2. The first-order chi connectivity index (χ1) is 13.6. The molecule has 10 heteroatoms. The maximum Gasteiger partial charge on any atom is 0.416 e. The highest BCUT2D eigenvalue weighted by atomic mass is 35.5.